The Kier molecular flexibility index (Phi) is 7.82. The Bertz CT molecular complexity index is 517. The number of rotatable bonds is 6. The zero-order chi connectivity index (χ0) is 16.0. The molecule has 0 unspecified atom stereocenters. The van der Waals surface area contributed by atoms with Gasteiger partial charge in [0.2, 0.25) is 0 Å². The summed E-state index contributed by atoms with van der Waals surface area (Å²) >= 11 is 0. The van der Waals surface area contributed by atoms with E-state index in [0.29, 0.717) is 26.0 Å². The standard InChI is InChI=1S/C17H26N2O3.ClH/c1-4-22-15-11-13(2)5-6-14(15)12-19-16(20)17(21-3)7-9-18-10-8-17;/h5-6,11,18H,4,7-10,12H2,1-3H3,(H,19,20);1H. The number of benzene rings is 1. The van der Waals surface area contributed by atoms with Gasteiger partial charge in [-0.05, 0) is 51.4 Å². The van der Waals surface area contributed by atoms with E-state index in [1.165, 1.54) is 0 Å². The normalized spacial score (nSPS) is 16.3. The SMILES string of the molecule is CCOc1cc(C)ccc1CNC(=O)C1(OC)CCNCC1.Cl. The number of aryl methyl sites for hydroxylation is 1. The third-order valence-electron chi connectivity index (χ3n) is 4.18. The van der Waals surface area contributed by atoms with Gasteiger partial charge < -0.3 is 20.1 Å². The van der Waals surface area contributed by atoms with Gasteiger partial charge in [-0.2, -0.15) is 0 Å². The maximum absolute atomic E-state index is 12.6. The van der Waals surface area contributed by atoms with Crippen LogP contribution < -0.4 is 15.4 Å². The summed E-state index contributed by atoms with van der Waals surface area (Å²) in [6, 6.07) is 6.03. The molecule has 0 bridgehead atoms. The Morgan fingerprint density at radius 2 is 2.04 bits per heavy atom. The predicted octanol–water partition coefficient (Wildman–Crippen LogP) is 2.20. The third kappa shape index (κ3) is 4.83. The fraction of sp³-hybridized carbons (Fsp3) is 0.588. The van der Waals surface area contributed by atoms with E-state index >= 15 is 0 Å². The number of ether oxygens (including phenoxy) is 2. The molecule has 0 aromatic heterocycles. The van der Waals surface area contributed by atoms with Crippen molar-refractivity contribution in [2.45, 2.75) is 38.8 Å². The van der Waals surface area contributed by atoms with Gasteiger partial charge in [-0.3, -0.25) is 4.79 Å². The van der Waals surface area contributed by atoms with Crippen LogP contribution in [0.2, 0.25) is 0 Å². The number of carbonyl (C=O) groups excluding carboxylic acids is 1. The van der Waals surface area contributed by atoms with E-state index in [2.05, 4.69) is 10.6 Å². The zero-order valence-corrected chi connectivity index (χ0v) is 14.9. The molecule has 0 aliphatic carbocycles. The van der Waals surface area contributed by atoms with Crippen LogP contribution in [0.5, 0.6) is 5.75 Å². The minimum Gasteiger partial charge on any atom is -0.494 e. The number of piperidine rings is 1. The van der Waals surface area contributed by atoms with Gasteiger partial charge in [0.25, 0.3) is 5.91 Å². The van der Waals surface area contributed by atoms with Crippen molar-refractivity contribution in [2.75, 3.05) is 26.8 Å². The van der Waals surface area contributed by atoms with Crippen LogP contribution in [0.25, 0.3) is 0 Å². The molecule has 2 N–H and O–H groups in total. The summed E-state index contributed by atoms with van der Waals surface area (Å²) in [5, 5.41) is 6.26. The van der Waals surface area contributed by atoms with E-state index in [9.17, 15) is 4.79 Å². The third-order valence-corrected chi connectivity index (χ3v) is 4.18. The van der Waals surface area contributed by atoms with Gasteiger partial charge in [0.15, 0.2) is 0 Å². The second-order valence-corrected chi connectivity index (χ2v) is 5.68. The Labute approximate surface area is 144 Å². The van der Waals surface area contributed by atoms with Crippen LogP contribution in [0.3, 0.4) is 0 Å². The summed E-state index contributed by atoms with van der Waals surface area (Å²) in [4.78, 5) is 12.6. The van der Waals surface area contributed by atoms with Gasteiger partial charge in [0.05, 0.1) is 6.61 Å². The zero-order valence-electron chi connectivity index (χ0n) is 14.1. The smallest absolute Gasteiger partial charge is 0.252 e. The molecule has 6 heteroatoms. The van der Waals surface area contributed by atoms with Crippen molar-refractivity contribution < 1.29 is 14.3 Å². The highest BCUT2D eigenvalue weighted by Crippen LogP contribution is 2.24. The lowest BCUT2D eigenvalue weighted by atomic mass is 9.91. The number of carbonyl (C=O) groups is 1. The van der Waals surface area contributed by atoms with E-state index in [1.807, 2.05) is 32.0 Å². The first-order valence-corrected chi connectivity index (χ1v) is 7.88. The topological polar surface area (TPSA) is 59.6 Å². The van der Waals surface area contributed by atoms with Gasteiger partial charge >= 0.3 is 0 Å². The minimum atomic E-state index is -0.707. The van der Waals surface area contributed by atoms with Crippen LogP contribution >= 0.6 is 12.4 Å². The lowest BCUT2D eigenvalue weighted by molar-refractivity contribution is -0.146. The molecule has 1 heterocycles. The lowest BCUT2D eigenvalue weighted by Crippen LogP contribution is -2.53. The molecule has 0 atom stereocenters. The van der Waals surface area contributed by atoms with E-state index < -0.39 is 5.60 Å². The number of hydrogen-bond acceptors (Lipinski definition) is 4. The Morgan fingerprint density at radius 3 is 2.65 bits per heavy atom. The average molecular weight is 343 g/mol. The summed E-state index contributed by atoms with van der Waals surface area (Å²) in [5.41, 5.74) is 1.42. The van der Waals surface area contributed by atoms with E-state index in [4.69, 9.17) is 9.47 Å². The lowest BCUT2D eigenvalue weighted by Gasteiger charge is -2.34. The van der Waals surface area contributed by atoms with Crippen molar-refractivity contribution in [1.82, 2.24) is 10.6 Å². The second-order valence-electron chi connectivity index (χ2n) is 5.68. The molecular weight excluding hydrogens is 316 g/mol. The maximum Gasteiger partial charge on any atom is 0.252 e. The highest BCUT2D eigenvalue weighted by molar-refractivity contribution is 5.85. The first-order valence-electron chi connectivity index (χ1n) is 7.88. The van der Waals surface area contributed by atoms with Crippen LogP contribution in [-0.2, 0) is 16.1 Å². The fourth-order valence-corrected chi connectivity index (χ4v) is 2.79. The summed E-state index contributed by atoms with van der Waals surface area (Å²) in [6.07, 6.45) is 1.39. The summed E-state index contributed by atoms with van der Waals surface area (Å²) in [6.45, 7) is 6.65. The van der Waals surface area contributed by atoms with Crippen LogP contribution in [0.15, 0.2) is 18.2 Å². The van der Waals surface area contributed by atoms with Crippen molar-refractivity contribution in [3.8, 4) is 5.75 Å². The molecule has 1 aliphatic heterocycles. The Morgan fingerprint density at radius 1 is 1.35 bits per heavy atom. The van der Waals surface area contributed by atoms with Gasteiger partial charge in [-0.15, -0.1) is 12.4 Å². The number of methoxy groups -OCH3 is 1. The second kappa shape index (κ2) is 9.11. The van der Waals surface area contributed by atoms with Crippen molar-refractivity contribution in [3.63, 3.8) is 0 Å². The number of hydrogen-bond donors (Lipinski definition) is 2. The monoisotopic (exact) mass is 342 g/mol. The molecule has 1 saturated heterocycles. The quantitative estimate of drug-likeness (QED) is 0.832. The summed E-state index contributed by atoms with van der Waals surface area (Å²) < 4.78 is 11.2. The average Bonchev–Trinajstić information content (AvgIpc) is 2.54. The number of nitrogens with one attached hydrogen (secondary N) is 2. The van der Waals surface area contributed by atoms with Crippen molar-refractivity contribution in [3.05, 3.63) is 29.3 Å². The molecule has 2 rings (SSSR count). The van der Waals surface area contributed by atoms with Crippen LogP contribution in [0, 0.1) is 6.92 Å². The predicted molar refractivity (Wildman–Crippen MR) is 93.3 cm³/mol. The molecular formula is C17H27ClN2O3. The van der Waals surface area contributed by atoms with Gasteiger partial charge in [-0.25, -0.2) is 0 Å². The highest BCUT2D eigenvalue weighted by atomic mass is 35.5. The van der Waals surface area contributed by atoms with Crippen LogP contribution in [-0.4, -0.2) is 38.3 Å². The van der Waals surface area contributed by atoms with E-state index in [1.54, 1.807) is 7.11 Å². The molecule has 0 saturated carbocycles. The Hall–Kier alpha value is -1.30. The molecule has 1 aliphatic rings. The van der Waals surface area contributed by atoms with Crippen molar-refractivity contribution in [1.29, 1.82) is 0 Å². The summed E-state index contributed by atoms with van der Waals surface area (Å²) in [5.74, 6) is 0.791. The van der Waals surface area contributed by atoms with Crippen LogP contribution in [0.1, 0.15) is 30.9 Å². The molecule has 0 radical (unpaired) electrons. The van der Waals surface area contributed by atoms with Crippen molar-refractivity contribution in [2.24, 2.45) is 0 Å². The maximum atomic E-state index is 12.6. The fourth-order valence-electron chi connectivity index (χ4n) is 2.79. The highest BCUT2D eigenvalue weighted by Gasteiger charge is 2.39. The molecule has 5 nitrogen and oxygen atoms in total. The van der Waals surface area contributed by atoms with Gasteiger partial charge in [0, 0.05) is 19.2 Å². The van der Waals surface area contributed by atoms with Gasteiger partial charge in [0.1, 0.15) is 11.4 Å². The minimum absolute atomic E-state index is 0. The van der Waals surface area contributed by atoms with E-state index in [-0.39, 0.29) is 18.3 Å². The molecule has 1 aromatic rings. The molecule has 0 spiro atoms. The molecule has 1 fully saturated rings. The molecule has 1 aromatic carbocycles. The first-order chi connectivity index (χ1) is 10.6. The first kappa shape index (κ1) is 19.7. The summed E-state index contributed by atoms with van der Waals surface area (Å²) in [7, 11) is 1.61. The number of halogens is 1. The van der Waals surface area contributed by atoms with Gasteiger partial charge in [-0.1, -0.05) is 12.1 Å². The molecule has 130 valence electrons. The Balaban J connectivity index is 0.00000264. The molecule has 23 heavy (non-hydrogen) atoms. The van der Waals surface area contributed by atoms with E-state index in [0.717, 1.165) is 30.0 Å². The number of amides is 1. The van der Waals surface area contributed by atoms with Crippen LogP contribution in [0.4, 0.5) is 0 Å². The largest absolute Gasteiger partial charge is 0.494 e. The van der Waals surface area contributed by atoms with Crippen molar-refractivity contribution >= 4 is 18.3 Å². The molecule has 1 amide bonds.